The fourth-order valence-electron chi connectivity index (χ4n) is 3.01. The highest BCUT2D eigenvalue weighted by atomic mass is 79.9. The summed E-state index contributed by atoms with van der Waals surface area (Å²) in [5.41, 5.74) is 10.7. The third kappa shape index (κ3) is 2.57. The van der Waals surface area contributed by atoms with Crippen LogP contribution in [0.15, 0.2) is 58.3 Å². The summed E-state index contributed by atoms with van der Waals surface area (Å²) >= 11 is 3.58. The average Bonchev–Trinajstić information content (AvgIpc) is 2.92. The first-order valence-corrected chi connectivity index (χ1v) is 8.59. The van der Waals surface area contributed by atoms with Crippen molar-refractivity contribution in [3.05, 3.63) is 76.0 Å². The molecule has 1 aliphatic heterocycles. The van der Waals surface area contributed by atoms with Crippen LogP contribution in [0.25, 0.3) is 5.69 Å². The monoisotopic (exact) mass is 381 g/mol. The van der Waals surface area contributed by atoms with Crippen molar-refractivity contribution in [2.24, 2.45) is 10.7 Å². The molecule has 3 heterocycles. The maximum atomic E-state index is 5.77. The second-order valence-corrected chi connectivity index (χ2v) is 6.50. The molecule has 0 bridgehead atoms. The normalized spacial score (nSPS) is 13.0. The molecule has 1 aliphatic rings. The van der Waals surface area contributed by atoms with E-state index in [0.717, 1.165) is 45.1 Å². The number of halogens is 1. The molecule has 5 nitrogen and oxygen atoms in total. The van der Waals surface area contributed by atoms with Gasteiger partial charge in [0.15, 0.2) is 0 Å². The molecule has 0 amide bonds. The van der Waals surface area contributed by atoms with Crippen LogP contribution in [0.1, 0.15) is 22.8 Å². The van der Waals surface area contributed by atoms with Crippen LogP contribution in [-0.4, -0.2) is 26.8 Å². The zero-order chi connectivity index (χ0) is 16.5. The van der Waals surface area contributed by atoms with Gasteiger partial charge in [-0.05, 0) is 36.9 Å². The van der Waals surface area contributed by atoms with Gasteiger partial charge in [0.05, 0.1) is 23.6 Å². The van der Waals surface area contributed by atoms with Gasteiger partial charge in [0.1, 0.15) is 5.82 Å². The molecule has 0 radical (unpaired) electrons. The van der Waals surface area contributed by atoms with E-state index in [1.165, 1.54) is 0 Å². The molecule has 6 heteroatoms. The number of rotatable bonds is 3. The number of imidazole rings is 1. The van der Waals surface area contributed by atoms with Gasteiger partial charge < -0.3 is 5.73 Å². The Hall–Kier alpha value is -2.31. The van der Waals surface area contributed by atoms with Crippen LogP contribution in [0.5, 0.6) is 0 Å². The van der Waals surface area contributed by atoms with Crippen LogP contribution in [0.4, 0.5) is 0 Å². The van der Waals surface area contributed by atoms with E-state index in [9.17, 15) is 0 Å². The zero-order valence-electron chi connectivity index (χ0n) is 13.0. The summed E-state index contributed by atoms with van der Waals surface area (Å²) in [6.45, 7) is 1.10. The molecule has 0 spiro atoms. The summed E-state index contributed by atoms with van der Waals surface area (Å²) in [5.74, 6) is 0.924. The molecule has 0 fully saturated rings. The summed E-state index contributed by atoms with van der Waals surface area (Å²) in [4.78, 5) is 13.8. The van der Waals surface area contributed by atoms with Crippen LogP contribution in [0, 0.1) is 0 Å². The Kier molecular flexibility index (Phi) is 4.00. The molecule has 120 valence electrons. The highest BCUT2D eigenvalue weighted by molar-refractivity contribution is 9.10. The summed E-state index contributed by atoms with van der Waals surface area (Å²) in [7, 11) is 0. The SMILES string of the molecule is NCCc1cnc2n1-c1ccc(Br)cc1C(c1ccccn1)=NC2. The first-order chi connectivity index (χ1) is 11.8. The number of aromatic nitrogens is 3. The lowest BCUT2D eigenvalue weighted by molar-refractivity contribution is 0.820. The molecule has 0 unspecified atom stereocenters. The lowest BCUT2D eigenvalue weighted by atomic mass is 10.0. The second-order valence-electron chi connectivity index (χ2n) is 5.58. The molecule has 2 N–H and O–H groups in total. The van der Waals surface area contributed by atoms with Gasteiger partial charge in [-0.15, -0.1) is 0 Å². The maximum absolute atomic E-state index is 5.77. The number of aliphatic imine (C=N–C) groups is 1. The molecular weight excluding hydrogens is 366 g/mol. The van der Waals surface area contributed by atoms with Crippen molar-refractivity contribution in [1.29, 1.82) is 0 Å². The van der Waals surface area contributed by atoms with E-state index in [2.05, 4.69) is 42.6 Å². The number of hydrogen-bond acceptors (Lipinski definition) is 4. The van der Waals surface area contributed by atoms with Crippen molar-refractivity contribution in [2.75, 3.05) is 6.54 Å². The Bertz CT molecular complexity index is 914. The Morgan fingerprint density at radius 2 is 2.08 bits per heavy atom. The van der Waals surface area contributed by atoms with E-state index in [4.69, 9.17) is 10.7 Å². The van der Waals surface area contributed by atoms with Gasteiger partial charge in [0.2, 0.25) is 0 Å². The fourth-order valence-corrected chi connectivity index (χ4v) is 3.37. The lowest BCUT2D eigenvalue weighted by Crippen LogP contribution is -2.12. The van der Waals surface area contributed by atoms with Gasteiger partial charge in [0.25, 0.3) is 0 Å². The summed E-state index contributed by atoms with van der Waals surface area (Å²) in [5, 5.41) is 0. The van der Waals surface area contributed by atoms with Crippen molar-refractivity contribution in [1.82, 2.24) is 14.5 Å². The minimum Gasteiger partial charge on any atom is -0.330 e. The molecule has 0 saturated carbocycles. The van der Waals surface area contributed by atoms with Crippen molar-refractivity contribution >= 4 is 21.6 Å². The molecule has 1 aromatic carbocycles. The zero-order valence-corrected chi connectivity index (χ0v) is 14.6. The van der Waals surface area contributed by atoms with Gasteiger partial charge in [-0.25, -0.2) is 4.98 Å². The highest BCUT2D eigenvalue weighted by Gasteiger charge is 2.22. The van der Waals surface area contributed by atoms with Crippen LogP contribution in [-0.2, 0) is 13.0 Å². The Morgan fingerprint density at radius 3 is 2.88 bits per heavy atom. The van der Waals surface area contributed by atoms with Crippen molar-refractivity contribution in [3.8, 4) is 5.69 Å². The van der Waals surface area contributed by atoms with Crippen LogP contribution >= 0.6 is 15.9 Å². The smallest absolute Gasteiger partial charge is 0.135 e. The van der Waals surface area contributed by atoms with Gasteiger partial charge >= 0.3 is 0 Å². The van der Waals surface area contributed by atoms with Gasteiger partial charge in [-0.3, -0.25) is 14.5 Å². The minimum absolute atomic E-state index is 0.517. The number of benzene rings is 1. The largest absolute Gasteiger partial charge is 0.330 e. The summed E-state index contributed by atoms with van der Waals surface area (Å²) in [6.07, 6.45) is 4.47. The molecule has 0 saturated heterocycles. The third-order valence-corrected chi connectivity index (χ3v) is 4.54. The summed E-state index contributed by atoms with van der Waals surface area (Å²) < 4.78 is 3.18. The first kappa shape index (κ1) is 15.2. The van der Waals surface area contributed by atoms with E-state index in [1.807, 2.05) is 30.5 Å². The average molecular weight is 382 g/mol. The highest BCUT2D eigenvalue weighted by Crippen LogP contribution is 2.28. The Balaban J connectivity index is 1.96. The maximum Gasteiger partial charge on any atom is 0.135 e. The Morgan fingerprint density at radius 1 is 1.17 bits per heavy atom. The molecule has 0 aliphatic carbocycles. The first-order valence-electron chi connectivity index (χ1n) is 7.79. The predicted molar refractivity (Wildman–Crippen MR) is 97.6 cm³/mol. The van der Waals surface area contributed by atoms with E-state index in [1.54, 1.807) is 6.20 Å². The molecule has 4 rings (SSSR count). The Labute approximate surface area is 148 Å². The standard InChI is InChI=1S/C18H16BrN5/c19-12-4-5-16-14(9-12)18(15-3-1-2-8-21-15)23-11-17-22-10-13(6-7-20)24(16)17/h1-5,8-10H,6-7,11,20H2. The van der Waals surface area contributed by atoms with Crippen molar-refractivity contribution < 1.29 is 0 Å². The van der Waals surface area contributed by atoms with Gasteiger partial charge in [-0.1, -0.05) is 22.0 Å². The number of nitrogens with zero attached hydrogens (tertiary/aromatic N) is 4. The molecule has 3 aromatic rings. The van der Waals surface area contributed by atoms with Crippen LogP contribution in [0.2, 0.25) is 0 Å². The minimum atomic E-state index is 0.517. The summed E-state index contributed by atoms with van der Waals surface area (Å²) in [6, 6.07) is 12.1. The fraction of sp³-hybridized carbons (Fsp3) is 0.167. The second kappa shape index (κ2) is 6.30. The van der Waals surface area contributed by atoms with E-state index in [-0.39, 0.29) is 0 Å². The van der Waals surface area contributed by atoms with Crippen LogP contribution in [0.3, 0.4) is 0 Å². The third-order valence-electron chi connectivity index (χ3n) is 4.05. The predicted octanol–water partition coefficient (Wildman–Crippen LogP) is 2.88. The molecule has 0 atom stereocenters. The number of pyridine rings is 1. The van der Waals surface area contributed by atoms with Crippen LogP contribution < -0.4 is 5.73 Å². The molecule has 24 heavy (non-hydrogen) atoms. The topological polar surface area (TPSA) is 69.1 Å². The van der Waals surface area contributed by atoms with Crippen molar-refractivity contribution in [3.63, 3.8) is 0 Å². The molecule has 2 aromatic heterocycles. The number of hydrogen-bond donors (Lipinski definition) is 1. The van der Waals surface area contributed by atoms with Crippen molar-refractivity contribution in [2.45, 2.75) is 13.0 Å². The quantitative estimate of drug-likeness (QED) is 0.758. The van der Waals surface area contributed by atoms with Gasteiger partial charge in [0, 0.05) is 34.5 Å². The van der Waals surface area contributed by atoms with E-state index in [0.29, 0.717) is 13.1 Å². The van der Waals surface area contributed by atoms with Gasteiger partial charge in [-0.2, -0.15) is 0 Å². The lowest BCUT2D eigenvalue weighted by Gasteiger charge is -2.14. The number of nitrogens with two attached hydrogens (primary N) is 1. The molecular formula is C18H16BrN5. The van der Waals surface area contributed by atoms with E-state index < -0.39 is 0 Å². The number of fused-ring (bicyclic) bond motifs is 3. The van der Waals surface area contributed by atoms with E-state index >= 15 is 0 Å².